The number of ether oxygens (including phenoxy) is 1. The lowest BCUT2D eigenvalue weighted by molar-refractivity contribution is -0.311. The highest BCUT2D eigenvalue weighted by molar-refractivity contribution is 5.66. The Morgan fingerprint density at radius 3 is 2.71 bits per heavy atom. The lowest BCUT2D eigenvalue weighted by Gasteiger charge is -2.46. The van der Waals surface area contributed by atoms with Crippen molar-refractivity contribution in [3.8, 4) is 0 Å². The topological polar surface area (TPSA) is 49.4 Å². The molecule has 0 N–H and O–H groups in total. The molecule has 0 saturated carbocycles. The maximum Gasteiger partial charge on any atom is 0.0820 e. The molecule has 6 unspecified atom stereocenters. The van der Waals surface area contributed by atoms with E-state index in [4.69, 9.17) is 4.74 Å². The SMILES string of the molecule is C/C(=C\CCC(C)CCCC1(C)CCC2=CCC(C)C(C)C2O1)CCCC(C)C(=O)[O-]. The van der Waals surface area contributed by atoms with Crippen LogP contribution in [0.5, 0.6) is 0 Å². The molecule has 0 amide bonds. The number of carbonyl (C=O) groups excluding carboxylic acids is 1. The second-order valence-corrected chi connectivity index (χ2v) is 11.1. The van der Waals surface area contributed by atoms with Crippen LogP contribution in [0.15, 0.2) is 23.3 Å². The van der Waals surface area contributed by atoms with Gasteiger partial charge in [-0.1, -0.05) is 58.3 Å². The molecule has 2 aliphatic rings. The average Bonchev–Trinajstić information content (AvgIpc) is 2.71. The van der Waals surface area contributed by atoms with Crippen molar-refractivity contribution in [1.29, 1.82) is 0 Å². The fourth-order valence-corrected chi connectivity index (χ4v) is 5.18. The summed E-state index contributed by atoms with van der Waals surface area (Å²) < 4.78 is 6.71. The first kappa shape index (κ1) is 26.2. The Bertz CT molecular complexity index is 634. The van der Waals surface area contributed by atoms with Gasteiger partial charge in [0, 0.05) is 5.97 Å². The van der Waals surface area contributed by atoms with Crippen LogP contribution in [0.1, 0.15) is 112 Å². The van der Waals surface area contributed by atoms with Gasteiger partial charge in [0.25, 0.3) is 0 Å². The van der Waals surface area contributed by atoms with Crippen LogP contribution in [0.25, 0.3) is 0 Å². The third kappa shape index (κ3) is 8.40. The van der Waals surface area contributed by atoms with Crippen LogP contribution in [0.2, 0.25) is 0 Å². The fraction of sp³-hybridized carbons (Fsp3) is 0.821. The van der Waals surface area contributed by atoms with Crippen LogP contribution in [0.4, 0.5) is 0 Å². The van der Waals surface area contributed by atoms with E-state index >= 15 is 0 Å². The van der Waals surface area contributed by atoms with Gasteiger partial charge in [0.1, 0.15) is 0 Å². The number of allylic oxidation sites excluding steroid dienone is 3. The molecule has 0 aromatic heterocycles. The second-order valence-electron chi connectivity index (χ2n) is 11.1. The summed E-state index contributed by atoms with van der Waals surface area (Å²) >= 11 is 0. The maximum absolute atomic E-state index is 10.8. The van der Waals surface area contributed by atoms with E-state index in [0.29, 0.717) is 18.4 Å². The van der Waals surface area contributed by atoms with Crippen molar-refractivity contribution in [2.24, 2.45) is 23.7 Å². The largest absolute Gasteiger partial charge is 0.550 e. The molecule has 1 saturated heterocycles. The van der Waals surface area contributed by atoms with E-state index in [0.717, 1.165) is 31.1 Å². The number of fused-ring (bicyclic) bond motifs is 1. The summed E-state index contributed by atoms with van der Waals surface area (Å²) in [6.45, 7) is 13.4. The third-order valence-corrected chi connectivity index (χ3v) is 8.01. The zero-order chi connectivity index (χ0) is 23.0. The molecule has 1 heterocycles. The summed E-state index contributed by atoms with van der Waals surface area (Å²) in [5.41, 5.74) is 3.00. The van der Waals surface area contributed by atoms with Gasteiger partial charge in [-0.05, 0) is 101 Å². The van der Waals surface area contributed by atoms with Crippen molar-refractivity contribution >= 4 is 5.97 Å². The lowest BCUT2D eigenvalue weighted by Crippen LogP contribution is -2.45. The molecule has 0 aromatic rings. The molecule has 0 aromatic carbocycles. The molecule has 0 spiro atoms. The van der Waals surface area contributed by atoms with Gasteiger partial charge in [-0.3, -0.25) is 0 Å². The molecular weight excluding hydrogens is 384 g/mol. The summed E-state index contributed by atoms with van der Waals surface area (Å²) in [7, 11) is 0. The average molecular weight is 432 g/mol. The van der Waals surface area contributed by atoms with Gasteiger partial charge >= 0.3 is 0 Å². The van der Waals surface area contributed by atoms with Gasteiger partial charge in [0.05, 0.1) is 11.7 Å². The Morgan fingerprint density at radius 2 is 2.00 bits per heavy atom. The Kier molecular flexibility index (Phi) is 10.3. The smallest absolute Gasteiger partial charge is 0.0820 e. The van der Waals surface area contributed by atoms with Crippen molar-refractivity contribution in [2.45, 2.75) is 124 Å². The highest BCUT2D eigenvalue weighted by Gasteiger charge is 2.40. The van der Waals surface area contributed by atoms with Gasteiger partial charge in [0.15, 0.2) is 0 Å². The highest BCUT2D eigenvalue weighted by atomic mass is 16.5. The minimum Gasteiger partial charge on any atom is -0.550 e. The van der Waals surface area contributed by atoms with Gasteiger partial charge in [0.2, 0.25) is 0 Å². The molecule has 3 nitrogen and oxygen atoms in total. The van der Waals surface area contributed by atoms with Crippen molar-refractivity contribution in [1.82, 2.24) is 0 Å². The normalized spacial score (nSPS) is 31.0. The molecule has 2 rings (SSSR count). The van der Waals surface area contributed by atoms with E-state index < -0.39 is 5.97 Å². The maximum atomic E-state index is 10.8. The number of carboxylic acids is 1. The van der Waals surface area contributed by atoms with Crippen LogP contribution in [0.3, 0.4) is 0 Å². The van der Waals surface area contributed by atoms with E-state index in [2.05, 4.69) is 46.8 Å². The van der Waals surface area contributed by atoms with E-state index in [1.807, 2.05) is 0 Å². The number of aliphatic carboxylic acids is 1. The van der Waals surface area contributed by atoms with Gasteiger partial charge < -0.3 is 14.6 Å². The number of hydrogen-bond acceptors (Lipinski definition) is 3. The summed E-state index contributed by atoms with van der Waals surface area (Å²) in [6.07, 6.45) is 17.5. The molecule has 1 fully saturated rings. The van der Waals surface area contributed by atoms with Crippen molar-refractivity contribution in [2.75, 3.05) is 0 Å². The number of hydrogen-bond donors (Lipinski definition) is 0. The van der Waals surface area contributed by atoms with E-state index in [-0.39, 0.29) is 11.5 Å². The predicted octanol–water partition coefficient (Wildman–Crippen LogP) is 6.62. The van der Waals surface area contributed by atoms with E-state index in [1.54, 1.807) is 12.5 Å². The molecule has 0 radical (unpaired) electrons. The second kappa shape index (κ2) is 12.2. The Balaban J connectivity index is 1.64. The van der Waals surface area contributed by atoms with Crippen LogP contribution < -0.4 is 5.11 Å². The number of rotatable bonds is 12. The quantitative estimate of drug-likeness (QED) is 0.326. The van der Waals surface area contributed by atoms with Crippen molar-refractivity contribution < 1.29 is 14.6 Å². The van der Waals surface area contributed by atoms with Crippen LogP contribution >= 0.6 is 0 Å². The standard InChI is InChI=1S/C28H48O3/c1-20(12-8-14-23(4)27(29)30)10-7-11-21(2)13-9-18-28(6)19-17-25-16-15-22(3)24(5)26(25)31-28/h10,16,21-24,26H,7-9,11-15,17-19H2,1-6H3,(H,29,30)/p-1/b20-10+. The first-order chi connectivity index (χ1) is 14.6. The highest BCUT2D eigenvalue weighted by Crippen LogP contribution is 2.43. The number of carboxylic acid groups (broad SMARTS) is 1. The monoisotopic (exact) mass is 431 g/mol. The predicted molar refractivity (Wildman–Crippen MR) is 128 cm³/mol. The molecule has 6 atom stereocenters. The zero-order valence-corrected chi connectivity index (χ0v) is 21.0. The molecular formula is C28H47O3-. The zero-order valence-electron chi connectivity index (χ0n) is 21.0. The molecule has 3 heteroatoms. The lowest BCUT2D eigenvalue weighted by atomic mass is 9.74. The Hall–Kier alpha value is -1.09. The summed E-state index contributed by atoms with van der Waals surface area (Å²) in [5.74, 6) is 0.832. The Morgan fingerprint density at radius 1 is 1.26 bits per heavy atom. The van der Waals surface area contributed by atoms with Crippen molar-refractivity contribution in [3.05, 3.63) is 23.3 Å². The molecule has 178 valence electrons. The van der Waals surface area contributed by atoms with Gasteiger partial charge in [-0.25, -0.2) is 0 Å². The molecule has 1 aliphatic heterocycles. The van der Waals surface area contributed by atoms with Crippen molar-refractivity contribution in [3.63, 3.8) is 0 Å². The van der Waals surface area contributed by atoms with Gasteiger partial charge in [-0.2, -0.15) is 0 Å². The van der Waals surface area contributed by atoms with E-state index in [1.165, 1.54) is 50.5 Å². The van der Waals surface area contributed by atoms with Crippen LogP contribution in [0, 0.1) is 23.7 Å². The van der Waals surface area contributed by atoms with Crippen LogP contribution in [-0.2, 0) is 9.53 Å². The van der Waals surface area contributed by atoms with E-state index in [9.17, 15) is 9.90 Å². The summed E-state index contributed by atoms with van der Waals surface area (Å²) in [6, 6.07) is 0. The first-order valence-electron chi connectivity index (χ1n) is 12.8. The minimum atomic E-state index is -0.928. The Labute approximate surface area is 191 Å². The molecule has 1 aliphatic carbocycles. The van der Waals surface area contributed by atoms with Gasteiger partial charge in [-0.15, -0.1) is 0 Å². The fourth-order valence-electron chi connectivity index (χ4n) is 5.18. The molecule has 31 heavy (non-hydrogen) atoms. The first-order valence-corrected chi connectivity index (χ1v) is 12.8. The third-order valence-electron chi connectivity index (χ3n) is 8.01. The summed E-state index contributed by atoms with van der Waals surface area (Å²) in [5, 5.41) is 10.8. The van der Waals surface area contributed by atoms with Crippen LogP contribution in [-0.4, -0.2) is 17.7 Å². The molecule has 0 bridgehead atoms. The minimum absolute atomic E-state index is 0.0478. The summed E-state index contributed by atoms with van der Waals surface area (Å²) in [4.78, 5) is 10.8. The number of carbonyl (C=O) groups is 1.